The molecule has 0 radical (unpaired) electrons. The fourth-order valence-corrected chi connectivity index (χ4v) is 2.50. The van der Waals surface area contributed by atoms with Crippen LogP contribution in [0.3, 0.4) is 0 Å². The number of aliphatic hydroxyl groups is 4. The molecule has 0 spiro atoms. The van der Waals surface area contributed by atoms with Gasteiger partial charge >= 0.3 is 16.4 Å². The lowest BCUT2D eigenvalue weighted by Crippen LogP contribution is -2.66. The maximum Gasteiger partial charge on any atom is 0.397 e. The van der Waals surface area contributed by atoms with Gasteiger partial charge in [-0.3, -0.25) is 4.55 Å². The molecule has 0 bridgehead atoms. The predicted octanol–water partition coefficient (Wildman–Crippen LogP) is -4.22. The van der Waals surface area contributed by atoms with Gasteiger partial charge < -0.3 is 36.0 Å². The Hall–Kier alpha value is -0.900. The van der Waals surface area contributed by atoms with Gasteiger partial charge in [0.15, 0.2) is 0 Å². The molecule has 6 atom stereocenters. The third kappa shape index (κ3) is 4.31. The lowest BCUT2D eigenvalue weighted by molar-refractivity contribution is -0.290. The fraction of sp³-hybridized carbons (Fsp3) is 0.889. The molecule has 0 amide bonds. The molecule has 12 nitrogen and oxygen atoms in total. The van der Waals surface area contributed by atoms with Gasteiger partial charge in [-0.2, -0.15) is 8.42 Å². The Labute approximate surface area is 124 Å². The van der Waals surface area contributed by atoms with Crippen molar-refractivity contribution in [2.75, 3.05) is 6.61 Å². The van der Waals surface area contributed by atoms with Crippen molar-refractivity contribution >= 4 is 16.4 Å². The van der Waals surface area contributed by atoms with E-state index >= 15 is 0 Å². The third-order valence-electron chi connectivity index (χ3n) is 3.11. The van der Waals surface area contributed by atoms with Gasteiger partial charge in [-0.05, 0) is 0 Å². The second-order valence-corrected chi connectivity index (χ2v) is 5.80. The number of carboxylic acid groups (broad SMARTS) is 1. The topological polar surface area (TPSA) is 217 Å². The van der Waals surface area contributed by atoms with Crippen molar-refractivity contribution in [3.05, 3.63) is 0 Å². The van der Waals surface area contributed by atoms with E-state index in [9.17, 15) is 28.5 Å². The molecule has 130 valence electrons. The lowest BCUT2D eigenvalue weighted by Gasteiger charge is -2.43. The summed E-state index contributed by atoms with van der Waals surface area (Å²) in [5.41, 5.74) is 5.56. The van der Waals surface area contributed by atoms with E-state index in [0.29, 0.717) is 0 Å². The highest BCUT2D eigenvalue weighted by Gasteiger charge is 2.54. The van der Waals surface area contributed by atoms with Crippen molar-refractivity contribution in [2.24, 2.45) is 5.73 Å². The van der Waals surface area contributed by atoms with Crippen LogP contribution in [-0.2, 0) is 24.1 Å². The SMILES string of the molecule is N[C@H]1[C@H]([C@H](O)[C@H](O)CO)OC(O)(C(=O)O)C[C@@H]1OS(=O)(=O)O. The summed E-state index contributed by atoms with van der Waals surface area (Å²) >= 11 is 0. The molecule has 1 fully saturated rings. The van der Waals surface area contributed by atoms with E-state index in [1.807, 2.05) is 0 Å². The van der Waals surface area contributed by atoms with Gasteiger partial charge in [-0.1, -0.05) is 0 Å². The molecule has 1 heterocycles. The first-order valence-electron chi connectivity index (χ1n) is 5.93. The van der Waals surface area contributed by atoms with E-state index in [2.05, 4.69) is 4.18 Å². The monoisotopic (exact) mass is 347 g/mol. The fourth-order valence-electron chi connectivity index (χ4n) is 1.99. The summed E-state index contributed by atoms with van der Waals surface area (Å²) in [6, 6.07) is -1.54. The van der Waals surface area contributed by atoms with Crippen molar-refractivity contribution in [3.8, 4) is 0 Å². The van der Waals surface area contributed by atoms with Crippen LogP contribution in [0.5, 0.6) is 0 Å². The van der Waals surface area contributed by atoms with E-state index in [-0.39, 0.29) is 0 Å². The Balaban J connectivity index is 3.12. The molecular weight excluding hydrogens is 330 g/mol. The number of hydrogen-bond acceptors (Lipinski definition) is 10. The van der Waals surface area contributed by atoms with Crippen LogP contribution in [0.1, 0.15) is 6.42 Å². The van der Waals surface area contributed by atoms with E-state index < -0.39 is 65.6 Å². The first-order chi connectivity index (χ1) is 9.91. The minimum absolute atomic E-state index is 0.941. The van der Waals surface area contributed by atoms with E-state index in [4.69, 9.17) is 25.2 Å². The summed E-state index contributed by atoms with van der Waals surface area (Å²) in [6.07, 6.45) is -8.31. The largest absolute Gasteiger partial charge is 0.477 e. The number of aliphatic carboxylic acids is 1. The van der Waals surface area contributed by atoms with Gasteiger partial charge in [0.1, 0.15) is 24.4 Å². The number of ether oxygens (including phenoxy) is 1. The molecular formula is C9H17NO11S. The number of carbonyl (C=O) groups is 1. The number of hydrogen-bond donors (Lipinski definition) is 7. The van der Waals surface area contributed by atoms with Gasteiger partial charge in [0, 0.05) is 6.42 Å². The van der Waals surface area contributed by atoms with Gasteiger partial charge in [0.05, 0.1) is 12.6 Å². The van der Waals surface area contributed by atoms with Crippen LogP contribution in [0, 0.1) is 0 Å². The normalized spacial score (nSPS) is 35.8. The first-order valence-corrected chi connectivity index (χ1v) is 7.29. The van der Waals surface area contributed by atoms with Gasteiger partial charge in [-0.15, -0.1) is 0 Å². The van der Waals surface area contributed by atoms with Crippen LogP contribution in [0.4, 0.5) is 0 Å². The molecule has 0 aliphatic carbocycles. The van der Waals surface area contributed by atoms with E-state index in [1.165, 1.54) is 0 Å². The van der Waals surface area contributed by atoms with Crippen molar-refractivity contribution in [2.45, 2.75) is 42.7 Å². The molecule has 22 heavy (non-hydrogen) atoms. The molecule has 1 unspecified atom stereocenters. The molecule has 1 saturated heterocycles. The average molecular weight is 347 g/mol. The van der Waals surface area contributed by atoms with Gasteiger partial charge in [0.25, 0.3) is 5.79 Å². The number of nitrogens with two attached hydrogens (primary N) is 1. The smallest absolute Gasteiger partial charge is 0.397 e. The van der Waals surface area contributed by atoms with Crippen LogP contribution >= 0.6 is 0 Å². The average Bonchev–Trinajstić information content (AvgIpc) is 2.39. The molecule has 0 aromatic heterocycles. The zero-order valence-corrected chi connectivity index (χ0v) is 11.8. The van der Waals surface area contributed by atoms with Crippen LogP contribution < -0.4 is 5.73 Å². The van der Waals surface area contributed by atoms with Crippen molar-refractivity contribution in [1.82, 2.24) is 0 Å². The maximum atomic E-state index is 11.0. The number of carboxylic acids is 1. The maximum absolute atomic E-state index is 11.0. The van der Waals surface area contributed by atoms with Gasteiger partial charge in [-0.25, -0.2) is 8.98 Å². The Morgan fingerprint density at radius 3 is 2.41 bits per heavy atom. The number of rotatable bonds is 6. The second-order valence-electron chi connectivity index (χ2n) is 4.76. The van der Waals surface area contributed by atoms with Crippen LogP contribution in [-0.4, -0.2) is 87.3 Å². The predicted molar refractivity (Wildman–Crippen MR) is 65.6 cm³/mol. The minimum Gasteiger partial charge on any atom is -0.477 e. The molecule has 1 aliphatic rings. The summed E-state index contributed by atoms with van der Waals surface area (Å²) in [7, 11) is -5.04. The van der Waals surface area contributed by atoms with Crippen molar-refractivity contribution in [1.29, 1.82) is 0 Å². The summed E-state index contributed by atoms with van der Waals surface area (Å²) in [5, 5.41) is 46.6. The molecule has 0 aromatic rings. The second kappa shape index (κ2) is 6.69. The third-order valence-corrected chi connectivity index (χ3v) is 3.61. The molecule has 8 N–H and O–H groups in total. The van der Waals surface area contributed by atoms with Gasteiger partial charge in [0.2, 0.25) is 0 Å². The van der Waals surface area contributed by atoms with Crippen LogP contribution in [0.25, 0.3) is 0 Å². The highest BCUT2D eigenvalue weighted by Crippen LogP contribution is 2.31. The highest BCUT2D eigenvalue weighted by molar-refractivity contribution is 7.80. The summed E-state index contributed by atoms with van der Waals surface area (Å²) in [4.78, 5) is 11.0. The summed E-state index contributed by atoms with van der Waals surface area (Å²) in [5.74, 6) is -4.91. The Kier molecular flexibility index (Phi) is 5.82. The Morgan fingerprint density at radius 2 is 2.00 bits per heavy atom. The van der Waals surface area contributed by atoms with Crippen molar-refractivity contribution in [3.63, 3.8) is 0 Å². The molecule has 1 rings (SSSR count). The van der Waals surface area contributed by atoms with E-state index in [1.54, 1.807) is 0 Å². The summed E-state index contributed by atoms with van der Waals surface area (Å²) in [6.45, 7) is -0.941. The van der Waals surface area contributed by atoms with E-state index in [0.717, 1.165) is 0 Å². The van der Waals surface area contributed by atoms with Crippen molar-refractivity contribution < 1.29 is 52.2 Å². The first kappa shape index (κ1) is 19.1. The zero-order valence-electron chi connectivity index (χ0n) is 11.0. The Morgan fingerprint density at radius 1 is 1.45 bits per heavy atom. The molecule has 0 saturated carbocycles. The molecule has 0 aromatic carbocycles. The lowest BCUT2D eigenvalue weighted by atomic mass is 9.89. The number of aliphatic hydroxyl groups excluding tert-OH is 3. The standard InChI is InChI=1S/C9H17NO11S/c10-5-4(21-22(17,18)19)1-9(16,8(14)15)20-7(5)6(13)3(12)2-11/h3-7,11-13,16H,1-2,10H2,(H,14,15)(H,17,18,19)/t3-,4+,5-,6-,7-,9?/m1/s1. The quantitative estimate of drug-likeness (QED) is 0.227. The van der Waals surface area contributed by atoms with Crippen LogP contribution in [0.15, 0.2) is 0 Å². The van der Waals surface area contributed by atoms with Crippen LogP contribution in [0.2, 0.25) is 0 Å². The minimum atomic E-state index is -5.04. The zero-order chi connectivity index (χ0) is 17.3. The molecule has 1 aliphatic heterocycles. The highest BCUT2D eigenvalue weighted by atomic mass is 32.3. The Bertz CT molecular complexity index is 510. The summed E-state index contributed by atoms with van der Waals surface area (Å²) < 4.78 is 39.1. The molecule has 13 heteroatoms.